The van der Waals surface area contributed by atoms with Gasteiger partial charge in [0.1, 0.15) is 0 Å². The average Bonchev–Trinajstić information content (AvgIpc) is 2.46. The zero-order valence-corrected chi connectivity index (χ0v) is 14.2. The standard InChI is InChI=1S/C19H22ClNO/c1-13(14-8-10-16(11-9-14)19(2,3)4)21-18(22)15-6-5-7-17(20)12-15/h5-13H,1-4H3,(H,21,22). The summed E-state index contributed by atoms with van der Waals surface area (Å²) in [6.45, 7) is 8.54. The third-order valence-electron chi connectivity index (χ3n) is 3.71. The molecule has 1 atom stereocenters. The van der Waals surface area contributed by atoms with Gasteiger partial charge in [-0.3, -0.25) is 4.79 Å². The molecule has 0 saturated heterocycles. The van der Waals surface area contributed by atoms with Crippen LogP contribution >= 0.6 is 11.6 Å². The Morgan fingerprint density at radius 3 is 2.27 bits per heavy atom. The number of carbonyl (C=O) groups excluding carboxylic acids is 1. The number of hydrogen-bond acceptors (Lipinski definition) is 1. The van der Waals surface area contributed by atoms with Crippen LogP contribution in [0.15, 0.2) is 48.5 Å². The van der Waals surface area contributed by atoms with Crippen molar-refractivity contribution in [2.45, 2.75) is 39.2 Å². The molecule has 0 saturated carbocycles. The molecule has 1 unspecified atom stereocenters. The van der Waals surface area contributed by atoms with Crippen LogP contribution in [0.5, 0.6) is 0 Å². The molecule has 0 bridgehead atoms. The average molecular weight is 316 g/mol. The highest BCUT2D eigenvalue weighted by atomic mass is 35.5. The van der Waals surface area contributed by atoms with Crippen molar-refractivity contribution >= 4 is 17.5 Å². The molecule has 1 amide bonds. The van der Waals surface area contributed by atoms with Crippen molar-refractivity contribution in [3.63, 3.8) is 0 Å². The van der Waals surface area contributed by atoms with Gasteiger partial charge in [0.15, 0.2) is 0 Å². The Bertz CT molecular complexity index is 656. The molecule has 0 spiro atoms. The van der Waals surface area contributed by atoms with E-state index in [1.807, 2.05) is 6.92 Å². The van der Waals surface area contributed by atoms with E-state index in [4.69, 9.17) is 11.6 Å². The van der Waals surface area contributed by atoms with Crippen LogP contribution in [-0.4, -0.2) is 5.91 Å². The second-order valence-electron chi connectivity index (χ2n) is 6.58. The third kappa shape index (κ3) is 4.11. The summed E-state index contributed by atoms with van der Waals surface area (Å²) in [6, 6.07) is 15.3. The minimum Gasteiger partial charge on any atom is -0.346 e. The lowest BCUT2D eigenvalue weighted by atomic mass is 9.86. The molecule has 2 aromatic rings. The summed E-state index contributed by atoms with van der Waals surface area (Å²) in [6.07, 6.45) is 0. The number of amides is 1. The molecular formula is C19H22ClNO. The first-order valence-electron chi connectivity index (χ1n) is 7.44. The first-order valence-corrected chi connectivity index (χ1v) is 7.82. The van der Waals surface area contributed by atoms with E-state index in [1.165, 1.54) is 5.56 Å². The fourth-order valence-corrected chi connectivity index (χ4v) is 2.46. The van der Waals surface area contributed by atoms with E-state index in [1.54, 1.807) is 24.3 Å². The van der Waals surface area contributed by atoms with E-state index in [2.05, 4.69) is 50.4 Å². The maximum absolute atomic E-state index is 12.2. The Morgan fingerprint density at radius 1 is 1.09 bits per heavy atom. The summed E-state index contributed by atoms with van der Waals surface area (Å²) in [5.74, 6) is -0.116. The van der Waals surface area contributed by atoms with Crippen molar-refractivity contribution in [1.29, 1.82) is 0 Å². The minimum absolute atomic E-state index is 0.0551. The van der Waals surface area contributed by atoms with Crippen LogP contribution in [0.25, 0.3) is 0 Å². The molecule has 0 aliphatic rings. The molecule has 1 N–H and O–H groups in total. The van der Waals surface area contributed by atoms with Gasteiger partial charge in [-0.05, 0) is 41.7 Å². The van der Waals surface area contributed by atoms with Crippen molar-refractivity contribution in [2.24, 2.45) is 0 Å². The van der Waals surface area contributed by atoms with E-state index in [9.17, 15) is 4.79 Å². The fraction of sp³-hybridized carbons (Fsp3) is 0.316. The summed E-state index contributed by atoms with van der Waals surface area (Å²) in [7, 11) is 0. The lowest BCUT2D eigenvalue weighted by molar-refractivity contribution is 0.0940. The molecule has 3 heteroatoms. The Kier molecular flexibility index (Phi) is 4.92. The topological polar surface area (TPSA) is 29.1 Å². The van der Waals surface area contributed by atoms with Crippen molar-refractivity contribution in [1.82, 2.24) is 5.32 Å². The molecule has 0 radical (unpaired) electrons. The van der Waals surface area contributed by atoms with E-state index < -0.39 is 0 Å². The molecule has 2 rings (SSSR count). The number of hydrogen-bond donors (Lipinski definition) is 1. The number of rotatable bonds is 3. The SMILES string of the molecule is CC(NC(=O)c1cccc(Cl)c1)c1ccc(C(C)(C)C)cc1. The predicted molar refractivity (Wildman–Crippen MR) is 92.5 cm³/mol. The number of benzene rings is 2. The van der Waals surface area contributed by atoms with Crippen molar-refractivity contribution in [3.05, 3.63) is 70.2 Å². The normalized spacial score (nSPS) is 12.8. The van der Waals surface area contributed by atoms with E-state index >= 15 is 0 Å². The molecule has 2 aromatic carbocycles. The Morgan fingerprint density at radius 2 is 1.73 bits per heavy atom. The predicted octanol–water partition coefficient (Wildman–Crippen LogP) is 5.13. The first kappa shape index (κ1) is 16.6. The highest BCUT2D eigenvalue weighted by molar-refractivity contribution is 6.30. The van der Waals surface area contributed by atoms with E-state index in [0.29, 0.717) is 10.6 Å². The summed E-state index contributed by atoms with van der Waals surface area (Å²) in [5.41, 5.74) is 3.07. The molecule has 0 fully saturated rings. The lowest BCUT2D eigenvalue weighted by Gasteiger charge is -2.20. The second-order valence-corrected chi connectivity index (χ2v) is 7.01. The third-order valence-corrected chi connectivity index (χ3v) is 3.95. The van der Waals surface area contributed by atoms with Gasteiger partial charge in [0.25, 0.3) is 5.91 Å². The minimum atomic E-state index is -0.116. The molecule has 0 aliphatic carbocycles. The zero-order valence-electron chi connectivity index (χ0n) is 13.5. The van der Waals surface area contributed by atoms with Gasteiger partial charge in [-0.2, -0.15) is 0 Å². The van der Waals surface area contributed by atoms with Crippen molar-refractivity contribution in [3.8, 4) is 0 Å². The summed E-state index contributed by atoms with van der Waals surface area (Å²) >= 11 is 5.92. The molecule has 0 aromatic heterocycles. The van der Waals surface area contributed by atoms with Crippen LogP contribution in [0.4, 0.5) is 0 Å². The largest absolute Gasteiger partial charge is 0.346 e. The summed E-state index contributed by atoms with van der Waals surface area (Å²) in [5, 5.41) is 3.56. The van der Waals surface area contributed by atoms with Gasteiger partial charge in [-0.25, -0.2) is 0 Å². The van der Waals surface area contributed by atoms with Gasteiger partial charge in [0.2, 0.25) is 0 Å². The van der Waals surface area contributed by atoms with Crippen LogP contribution in [-0.2, 0) is 5.41 Å². The molecule has 2 nitrogen and oxygen atoms in total. The number of halogens is 1. The van der Waals surface area contributed by atoms with E-state index in [0.717, 1.165) is 5.56 Å². The van der Waals surface area contributed by atoms with Crippen LogP contribution < -0.4 is 5.32 Å². The van der Waals surface area contributed by atoms with Gasteiger partial charge < -0.3 is 5.32 Å². The zero-order chi connectivity index (χ0) is 16.3. The first-order chi connectivity index (χ1) is 10.3. The van der Waals surface area contributed by atoms with Gasteiger partial charge >= 0.3 is 0 Å². The summed E-state index contributed by atoms with van der Waals surface area (Å²) in [4.78, 5) is 12.2. The summed E-state index contributed by atoms with van der Waals surface area (Å²) < 4.78 is 0. The maximum Gasteiger partial charge on any atom is 0.251 e. The van der Waals surface area contributed by atoms with Crippen LogP contribution in [0.2, 0.25) is 5.02 Å². The van der Waals surface area contributed by atoms with Crippen LogP contribution in [0.1, 0.15) is 55.2 Å². The second kappa shape index (κ2) is 6.53. The monoisotopic (exact) mass is 315 g/mol. The van der Waals surface area contributed by atoms with Crippen LogP contribution in [0.3, 0.4) is 0 Å². The van der Waals surface area contributed by atoms with Gasteiger partial charge in [-0.1, -0.05) is 62.7 Å². The molecule has 0 heterocycles. The maximum atomic E-state index is 12.2. The molecular weight excluding hydrogens is 294 g/mol. The molecule has 0 aliphatic heterocycles. The quantitative estimate of drug-likeness (QED) is 0.836. The Balaban J connectivity index is 2.09. The van der Waals surface area contributed by atoms with Crippen LogP contribution in [0, 0.1) is 0 Å². The van der Waals surface area contributed by atoms with Crippen molar-refractivity contribution < 1.29 is 4.79 Å². The van der Waals surface area contributed by atoms with E-state index in [-0.39, 0.29) is 17.4 Å². The smallest absolute Gasteiger partial charge is 0.251 e. The van der Waals surface area contributed by atoms with Crippen molar-refractivity contribution in [2.75, 3.05) is 0 Å². The highest BCUT2D eigenvalue weighted by Crippen LogP contribution is 2.24. The lowest BCUT2D eigenvalue weighted by Crippen LogP contribution is -2.26. The van der Waals surface area contributed by atoms with Gasteiger partial charge in [0, 0.05) is 10.6 Å². The number of nitrogens with one attached hydrogen (secondary N) is 1. The Hall–Kier alpha value is -1.80. The molecule has 116 valence electrons. The fourth-order valence-electron chi connectivity index (χ4n) is 2.26. The number of carbonyl (C=O) groups is 1. The highest BCUT2D eigenvalue weighted by Gasteiger charge is 2.15. The Labute approximate surface area is 137 Å². The van der Waals surface area contributed by atoms with Gasteiger partial charge in [0.05, 0.1) is 6.04 Å². The van der Waals surface area contributed by atoms with Gasteiger partial charge in [-0.15, -0.1) is 0 Å². The molecule has 22 heavy (non-hydrogen) atoms.